The van der Waals surface area contributed by atoms with Crippen LogP contribution in [0.4, 0.5) is 0 Å². The van der Waals surface area contributed by atoms with Crippen LogP contribution in [0.3, 0.4) is 0 Å². The van der Waals surface area contributed by atoms with E-state index in [1.165, 1.54) is 12.8 Å². The molecule has 0 radical (unpaired) electrons. The minimum atomic E-state index is -0.0786. The number of hydrogen-bond donors (Lipinski definition) is 2. The van der Waals surface area contributed by atoms with E-state index in [4.69, 9.17) is 0 Å². The Kier molecular flexibility index (Phi) is 3.80. The summed E-state index contributed by atoms with van der Waals surface area (Å²) in [5.41, 5.74) is 1.69. The predicted molar refractivity (Wildman–Crippen MR) is 79.7 cm³/mol. The fraction of sp³-hybridized carbons (Fsp3) is 0.467. The van der Waals surface area contributed by atoms with Gasteiger partial charge in [-0.2, -0.15) is 0 Å². The SMILES string of the molecule is CN(Cc1ccc2c(=O)[nH]ccc2n1)CC1CCCN1. The molecule has 0 amide bonds. The standard InChI is InChI=1S/C15H20N4O/c1-19(9-11-3-2-7-16-11)10-12-4-5-13-14(18-12)6-8-17-15(13)20/h4-6,8,11,16H,2-3,7,9-10H2,1H3,(H,17,20). The lowest BCUT2D eigenvalue weighted by Gasteiger charge is -2.20. The molecule has 3 heterocycles. The van der Waals surface area contributed by atoms with Gasteiger partial charge in [0.15, 0.2) is 0 Å². The summed E-state index contributed by atoms with van der Waals surface area (Å²) >= 11 is 0. The smallest absolute Gasteiger partial charge is 0.257 e. The maximum atomic E-state index is 11.6. The first-order valence-electron chi connectivity index (χ1n) is 7.11. The average Bonchev–Trinajstić information content (AvgIpc) is 2.91. The second-order valence-electron chi connectivity index (χ2n) is 5.53. The van der Waals surface area contributed by atoms with Gasteiger partial charge in [-0.15, -0.1) is 0 Å². The zero-order valence-electron chi connectivity index (χ0n) is 11.7. The highest BCUT2D eigenvalue weighted by molar-refractivity contribution is 5.77. The molecule has 1 atom stereocenters. The number of rotatable bonds is 4. The largest absolute Gasteiger partial charge is 0.328 e. The molecule has 2 aromatic rings. The molecule has 0 aliphatic carbocycles. The Labute approximate surface area is 118 Å². The Balaban J connectivity index is 1.72. The molecule has 106 valence electrons. The van der Waals surface area contributed by atoms with Crippen LogP contribution in [0.15, 0.2) is 29.2 Å². The minimum absolute atomic E-state index is 0.0786. The van der Waals surface area contributed by atoms with Gasteiger partial charge < -0.3 is 10.3 Å². The number of nitrogens with one attached hydrogen (secondary N) is 2. The second kappa shape index (κ2) is 5.73. The number of pyridine rings is 2. The summed E-state index contributed by atoms with van der Waals surface area (Å²) in [4.78, 5) is 21.1. The van der Waals surface area contributed by atoms with Gasteiger partial charge in [-0.25, -0.2) is 0 Å². The third-order valence-corrected chi connectivity index (χ3v) is 3.81. The van der Waals surface area contributed by atoms with Crippen molar-refractivity contribution < 1.29 is 0 Å². The van der Waals surface area contributed by atoms with Gasteiger partial charge in [0.25, 0.3) is 5.56 Å². The molecule has 5 nitrogen and oxygen atoms in total. The summed E-state index contributed by atoms with van der Waals surface area (Å²) in [6.45, 7) is 2.98. The van der Waals surface area contributed by atoms with E-state index in [-0.39, 0.29) is 5.56 Å². The van der Waals surface area contributed by atoms with E-state index in [0.29, 0.717) is 11.4 Å². The van der Waals surface area contributed by atoms with Crippen molar-refractivity contribution in [3.05, 3.63) is 40.4 Å². The van der Waals surface area contributed by atoms with Gasteiger partial charge in [0.2, 0.25) is 0 Å². The number of H-pyrrole nitrogens is 1. The van der Waals surface area contributed by atoms with Gasteiger partial charge in [0.1, 0.15) is 0 Å². The van der Waals surface area contributed by atoms with Crippen LogP contribution in [0, 0.1) is 0 Å². The highest BCUT2D eigenvalue weighted by atomic mass is 16.1. The van der Waals surface area contributed by atoms with E-state index in [1.54, 1.807) is 6.20 Å². The van der Waals surface area contributed by atoms with Crippen LogP contribution in [0.5, 0.6) is 0 Å². The predicted octanol–water partition coefficient (Wildman–Crippen LogP) is 1.11. The highest BCUT2D eigenvalue weighted by Crippen LogP contribution is 2.11. The maximum absolute atomic E-state index is 11.6. The number of nitrogens with zero attached hydrogens (tertiary/aromatic N) is 2. The fourth-order valence-corrected chi connectivity index (χ4v) is 2.83. The molecular formula is C15H20N4O. The number of hydrogen-bond acceptors (Lipinski definition) is 4. The van der Waals surface area contributed by atoms with Crippen molar-refractivity contribution in [2.45, 2.75) is 25.4 Å². The monoisotopic (exact) mass is 272 g/mol. The zero-order valence-corrected chi connectivity index (χ0v) is 11.7. The molecular weight excluding hydrogens is 252 g/mol. The molecule has 1 aliphatic heterocycles. The highest BCUT2D eigenvalue weighted by Gasteiger charge is 2.16. The second-order valence-corrected chi connectivity index (χ2v) is 5.53. The van der Waals surface area contributed by atoms with E-state index in [9.17, 15) is 4.79 Å². The van der Waals surface area contributed by atoms with Crippen LogP contribution < -0.4 is 10.9 Å². The summed E-state index contributed by atoms with van der Waals surface area (Å²) in [5, 5.41) is 4.15. The maximum Gasteiger partial charge on any atom is 0.257 e. The lowest BCUT2D eigenvalue weighted by Crippen LogP contribution is -2.35. The van der Waals surface area contributed by atoms with Crippen molar-refractivity contribution in [1.82, 2.24) is 20.2 Å². The van der Waals surface area contributed by atoms with Crippen molar-refractivity contribution >= 4 is 10.9 Å². The van der Waals surface area contributed by atoms with E-state index < -0.39 is 0 Å². The molecule has 0 spiro atoms. The van der Waals surface area contributed by atoms with Crippen molar-refractivity contribution in [3.8, 4) is 0 Å². The third kappa shape index (κ3) is 2.89. The normalized spacial score (nSPS) is 19.0. The van der Waals surface area contributed by atoms with Gasteiger partial charge >= 0.3 is 0 Å². The molecule has 20 heavy (non-hydrogen) atoms. The Morgan fingerprint density at radius 1 is 1.40 bits per heavy atom. The molecule has 1 unspecified atom stereocenters. The van der Waals surface area contributed by atoms with E-state index in [2.05, 4.69) is 27.2 Å². The van der Waals surface area contributed by atoms with Gasteiger partial charge in [0.05, 0.1) is 16.6 Å². The number of fused-ring (bicyclic) bond motifs is 1. The van der Waals surface area contributed by atoms with Crippen LogP contribution in [0.2, 0.25) is 0 Å². The zero-order chi connectivity index (χ0) is 13.9. The minimum Gasteiger partial charge on any atom is -0.328 e. The molecule has 1 aliphatic rings. The van der Waals surface area contributed by atoms with Crippen LogP contribution in [-0.4, -0.2) is 41.0 Å². The molecule has 0 aromatic carbocycles. The van der Waals surface area contributed by atoms with E-state index in [0.717, 1.165) is 30.8 Å². The fourth-order valence-electron chi connectivity index (χ4n) is 2.83. The Hall–Kier alpha value is -1.72. The molecule has 3 rings (SSSR count). The van der Waals surface area contributed by atoms with Crippen molar-refractivity contribution in [2.75, 3.05) is 20.1 Å². The topological polar surface area (TPSA) is 61.0 Å². The molecule has 1 saturated heterocycles. The average molecular weight is 272 g/mol. The van der Waals surface area contributed by atoms with Crippen LogP contribution in [0.1, 0.15) is 18.5 Å². The first-order valence-corrected chi connectivity index (χ1v) is 7.11. The van der Waals surface area contributed by atoms with Gasteiger partial charge in [-0.05, 0) is 44.6 Å². The Morgan fingerprint density at radius 3 is 3.10 bits per heavy atom. The lowest BCUT2D eigenvalue weighted by atomic mass is 10.2. The molecule has 2 N–H and O–H groups in total. The summed E-state index contributed by atoms with van der Waals surface area (Å²) in [6, 6.07) is 6.25. The first kappa shape index (κ1) is 13.3. The summed E-state index contributed by atoms with van der Waals surface area (Å²) in [5.74, 6) is 0. The lowest BCUT2D eigenvalue weighted by molar-refractivity contribution is 0.290. The van der Waals surface area contributed by atoms with Crippen LogP contribution in [0.25, 0.3) is 10.9 Å². The first-order chi connectivity index (χ1) is 9.72. The van der Waals surface area contributed by atoms with Crippen molar-refractivity contribution in [1.29, 1.82) is 0 Å². The van der Waals surface area contributed by atoms with E-state index in [1.807, 2.05) is 18.2 Å². The molecule has 5 heteroatoms. The number of likely N-dealkylation sites (N-methyl/N-ethyl adjacent to an activating group) is 1. The quantitative estimate of drug-likeness (QED) is 0.875. The van der Waals surface area contributed by atoms with Crippen molar-refractivity contribution in [2.24, 2.45) is 0 Å². The van der Waals surface area contributed by atoms with E-state index >= 15 is 0 Å². The summed E-state index contributed by atoms with van der Waals surface area (Å²) < 4.78 is 0. The Morgan fingerprint density at radius 2 is 2.30 bits per heavy atom. The van der Waals surface area contributed by atoms with Crippen LogP contribution in [-0.2, 0) is 6.54 Å². The molecule has 2 aromatic heterocycles. The number of aromatic amines is 1. The Bertz CT molecular complexity index is 646. The van der Waals surface area contributed by atoms with Crippen LogP contribution >= 0.6 is 0 Å². The van der Waals surface area contributed by atoms with Crippen molar-refractivity contribution in [3.63, 3.8) is 0 Å². The third-order valence-electron chi connectivity index (χ3n) is 3.81. The molecule has 0 bridgehead atoms. The van der Waals surface area contributed by atoms with Gasteiger partial charge in [-0.1, -0.05) is 0 Å². The molecule has 0 saturated carbocycles. The van der Waals surface area contributed by atoms with Gasteiger partial charge in [-0.3, -0.25) is 14.7 Å². The molecule has 1 fully saturated rings. The summed E-state index contributed by atoms with van der Waals surface area (Å²) in [7, 11) is 2.11. The summed E-state index contributed by atoms with van der Waals surface area (Å²) in [6.07, 6.45) is 4.17. The van der Waals surface area contributed by atoms with Gasteiger partial charge in [0, 0.05) is 25.3 Å². The number of aromatic nitrogens is 2.